The summed E-state index contributed by atoms with van der Waals surface area (Å²) in [5.41, 5.74) is 0. The number of carbonyl (C=O) groups excluding carboxylic acids is 2. The highest BCUT2D eigenvalue weighted by molar-refractivity contribution is 5.87. The van der Waals surface area contributed by atoms with Crippen molar-refractivity contribution in [2.24, 2.45) is 4.99 Å². The molecule has 1 aromatic carbocycles. The van der Waals surface area contributed by atoms with Crippen LogP contribution in [0.3, 0.4) is 0 Å². The lowest BCUT2D eigenvalue weighted by atomic mass is 10.2. The largest absolute Gasteiger partial charge is 0.466 e. The van der Waals surface area contributed by atoms with E-state index in [0.29, 0.717) is 15.6 Å². The molecule has 0 aromatic heterocycles. The molecule has 6 heteroatoms. The van der Waals surface area contributed by atoms with Crippen LogP contribution in [0.2, 0.25) is 0 Å². The molecule has 1 aliphatic heterocycles. The van der Waals surface area contributed by atoms with Crippen molar-refractivity contribution in [3.8, 4) is 0 Å². The lowest BCUT2D eigenvalue weighted by Crippen LogP contribution is -2.36. The van der Waals surface area contributed by atoms with Crippen LogP contribution in [0.25, 0.3) is 6.20 Å². The summed E-state index contributed by atoms with van der Waals surface area (Å²) >= 11 is 0. The number of hydroxylamine groups is 2. The van der Waals surface area contributed by atoms with E-state index in [9.17, 15) is 14.8 Å². The number of fused-ring (bicyclic) bond motifs is 1. The number of esters is 1. The average Bonchev–Trinajstić information content (AvgIpc) is 2.48. The molecule has 1 heterocycles. The molecule has 1 aliphatic rings. The van der Waals surface area contributed by atoms with Crippen molar-refractivity contribution in [3.63, 3.8) is 0 Å². The molecular weight excluding hydrogens is 248 g/mol. The maximum Gasteiger partial charge on any atom is 0.308 e. The minimum Gasteiger partial charge on any atom is -0.466 e. The van der Waals surface area contributed by atoms with Gasteiger partial charge in [0.05, 0.1) is 18.4 Å². The van der Waals surface area contributed by atoms with Crippen LogP contribution in [-0.4, -0.2) is 34.8 Å². The number of ether oxygens (including phenoxy) is 1. The fourth-order valence-electron chi connectivity index (χ4n) is 1.80. The fourth-order valence-corrected chi connectivity index (χ4v) is 1.80. The van der Waals surface area contributed by atoms with Crippen LogP contribution in [-0.2, 0) is 14.3 Å². The molecule has 0 radical (unpaired) electrons. The van der Waals surface area contributed by atoms with E-state index in [4.69, 9.17) is 4.74 Å². The van der Waals surface area contributed by atoms with E-state index in [0.717, 1.165) is 0 Å². The van der Waals surface area contributed by atoms with Gasteiger partial charge in [-0.2, -0.15) is 0 Å². The quantitative estimate of drug-likeness (QED) is 0.750. The molecular formula is C13H14N2O4. The number of nitrogens with zero attached hydrogens (tertiary/aromatic N) is 2. The summed E-state index contributed by atoms with van der Waals surface area (Å²) in [7, 11) is 0. The van der Waals surface area contributed by atoms with Crippen molar-refractivity contribution in [1.29, 1.82) is 0 Å². The third kappa shape index (κ3) is 2.97. The fraction of sp³-hybridized carbons (Fsp3) is 0.308. The number of benzene rings is 1. The number of hydrogen-bond acceptors (Lipinski definition) is 5. The van der Waals surface area contributed by atoms with E-state index in [-0.39, 0.29) is 13.0 Å². The highest BCUT2D eigenvalue weighted by atomic mass is 16.5. The Morgan fingerprint density at radius 1 is 1.47 bits per heavy atom. The first-order valence-electron chi connectivity index (χ1n) is 5.94. The lowest BCUT2D eigenvalue weighted by Gasteiger charge is -2.19. The molecule has 2 rings (SSSR count). The number of hydrogen-bond donors (Lipinski definition) is 1. The van der Waals surface area contributed by atoms with Crippen LogP contribution in [0, 0.1) is 0 Å². The van der Waals surface area contributed by atoms with Crippen molar-refractivity contribution >= 4 is 18.1 Å². The Morgan fingerprint density at radius 3 is 2.95 bits per heavy atom. The van der Waals surface area contributed by atoms with Gasteiger partial charge in [0.25, 0.3) is 5.91 Å². The molecule has 1 atom stereocenters. The van der Waals surface area contributed by atoms with Gasteiger partial charge >= 0.3 is 5.97 Å². The van der Waals surface area contributed by atoms with Gasteiger partial charge < -0.3 is 4.74 Å². The normalized spacial score (nSPS) is 17.9. The van der Waals surface area contributed by atoms with E-state index in [1.165, 1.54) is 6.20 Å². The van der Waals surface area contributed by atoms with E-state index in [2.05, 4.69) is 4.99 Å². The second-order valence-corrected chi connectivity index (χ2v) is 4.04. The molecule has 0 spiro atoms. The van der Waals surface area contributed by atoms with Gasteiger partial charge in [-0.25, -0.2) is 4.99 Å². The molecule has 0 aliphatic carbocycles. The topological polar surface area (TPSA) is 79.2 Å². The maximum atomic E-state index is 11.9. The second-order valence-electron chi connectivity index (χ2n) is 4.04. The van der Waals surface area contributed by atoms with Gasteiger partial charge in [0.2, 0.25) is 0 Å². The second kappa shape index (κ2) is 5.62. The monoisotopic (exact) mass is 262 g/mol. The summed E-state index contributed by atoms with van der Waals surface area (Å²) in [5, 5.41) is 11.7. The van der Waals surface area contributed by atoms with Crippen LogP contribution in [0.1, 0.15) is 13.3 Å². The van der Waals surface area contributed by atoms with Crippen LogP contribution in [0.15, 0.2) is 29.3 Å². The van der Waals surface area contributed by atoms with Crippen LogP contribution >= 0.6 is 0 Å². The third-order valence-electron chi connectivity index (χ3n) is 2.71. The maximum absolute atomic E-state index is 11.9. The number of carbonyl (C=O) groups is 2. The molecule has 1 unspecified atom stereocenters. The van der Waals surface area contributed by atoms with Crippen molar-refractivity contribution in [1.82, 2.24) is 5.06 Å². The molecule has 1 amide bonds. The zero-order chi connectivity index (χ0) is 13.8. The summed E-state index contributed by atoms with van der Waals surface area (Å²) in [4.78, 5) is 27.3. The summed E-state index contributed by atoms with van der Waals surface area (Å²) in [6.07, 6.45) is 1.14. The molecule has 100 valence electrons. The Labute approximate surface area is 109 Å². The van der Waals surface area contributed by atoms with Crippen LogP contribution in [0.5, 0.6) is 0 Å². The molecule has 0 saturated carbocycles. The SMILES string of the molecule is CCOC(=O)CC1C(=O)N=c2ccccc2=CN1O. The number of rotatable bonds is 3. The molecule has 0 fully saturated rings. The Morgan fingerprint density at radius 2 is 2.21 bits per heavy atom. The summed E-state index contributed by atoms with van der Waals surface area (Å²) in [6, 6.07) is 5.87. The van der Waals surface area contributed by atoms with E-state index in [1.807, 2.05) is 0 Å². The van der Waals surface area contributed by atoms with Crippen molar-refractivity contribution < 1.29 is 19.5 Å². The first-order chi connectivity index (χ1) is 9.11. The van der Waals surface area contributed by atoms with Gasteiger partial charge in [-0.05, 0) is 13.0 Å². The van der Waals surface area contributed by atoms with E-state index < -0.39 is 17.9 Å². The van der Waals surface area contributed by atoms with Gasteiger partial charge in [0.15, 0.2) is 0 Å². The van der Waals surface area contributed by atoms with E-state index in [1.54, 1.807) is 31.2 Å². The highest BCUT2D eigenvalue weighted by Crippen LogP contribution is 2.07. The van der Waals surface area contributed by atoms with Gasteiger partial charge in [-0.15, -0.1) is 0 Å². The zero-order valence-electron chi connectivity index (χ0n) is 10.4. The Hall–Kier alpha value is -2.21. The van der Waals surface area contributed by atoms with Crippen molar-refractivity contribution in [3.05, 3.63) is 34.8 Å². The minimum atomic E-state index is -1.05. The molecule has 19 heavy (non-hydrogen) atoms. The van der Waals surface area contributed by atoms with Crippen molar-refractivity contribution in [2.45, 2.75) is 19.4 Å². The molecule has 0 bridgehead atoms. The third-order valence-corrected chi connectivity index (χ3v) is 2.71. The number of para-hydroxylation sites is 1. The molecule has 6 nitrogen and oxygen atoms in total. The predicted octanol–water partition coefficient (Wildman–Crippen LogP) is -0.403. The Balaban J connectivity index is 2.33. The lowest BCUT2D eigenvalue weighted by molar-refractivity contribution is -0.152. The standard InChI is InChI=1S/C13H14N2O4/c1-2-19-12(16)7-11-13(17)14-10-6-4-3-5-9(10)8-15(11)18/h3-6,8,11,18H,2,7H2,1H3. The Bertz CT molecular complexity index is 611. The highest BCUT2D eigenvalue weighted by Gasteiger charge is 2.27. The van der Waals surface area contributed by atoms with Gasteiger partial charge in [-0.1, -0.05) is 18.2 Å². The zero-order valence-corrected chi connectivity index (χ0v) is 10.4. The summed E-state index contributed by atoms with van der Waals surface area (Å²) in [6.45, 7) is 1.90. The van der Waals surface area contributed by atoms with E-state index >= 15 is 0 Å². The first kappa shape index (κ1) is 13.2. The van der Waals surface area contributed by atoms with Gasteiger partial charge in [0.1, 0.15) is 6.04 Å². The molecule has 0 saturated heterocycles. The van der Waals surface area contributed by atoms with Crippen molar-refractivity contribution in [2.75, 3.05) is 6.61 Å². The molecule has 1 N–H and O–H groups in total. The summed E-state index contributed by atoms with van der Waals surface area (Å²) < 4.78 is 4.77. The smallest absolute Gasteiger partial charge is 0.308 e. The van der Waals surface area contributed by atoms with Crippen LogP contribution in [0.4, 0.5) is 0 Å². The van der Waals surface area contributed by atoms with Crippen LogP contribution < -0.4 is 10.6 Å². The predicted molar refractivity (Wildman–Crippen MR) is 65.4 cm³/mol. The minimum absolute atomic E-state index is 0.228. The van der Waals surface area contributed by atoms with Gasteiger partial charge in [-0.3, -0.25) is 19.9 Å². The van der Waals surface area contributed by atoms with Gasteiger partial charge in [0, 0.05) is 11.4 Å². The summed E-state index contributed by atoms with van der Waals surface area (Å²) in [5.74, 6) is -1.12. The Kier molecular flexibility index (Phi) is 3.91. The number of amides is 1. The molecule has 1 aromatic rings. The first-order valence-corrected chi connectivity index (χ1v) is 5.94. The average molecular weight is 262 g/mol.